The lowest BCUT2D eigenvalue weighted by atomic mass is 10.1. The first-order valence-electron chi connectivity index (χ1n) is 5.00. The van der Waals surface area contributed by atoms with Gasteiger partial charge in [-0.25, -0.2) is 0 Å². The van der Waals surface area contributed by atoms with E-state index in [1.807, 2.05) is 0 Å². The summed E-state index contributed by atoms with van der Waals surface area (Å²) in [7, 11) is 0. The highest BCUT2D eigenvalue weighted by atomic mass is 16.6. The zero-order chi connectivity index (χ0) is 14.4. The first-order chi connectivity index (χ1) is 9.04. The zero-order valence-electron chi connectivity index (χ0n) is 9.84. The van der Waals surface area contributed by atoms with Crippen molar-refractivity contribution >= 4 is 11.4 Å². The van der Waals surface area contributed by atoms with E-state index in [0.717, 1.165) is 0 Å². The van der Waals surface area contributed by atoms with Crippen molar-refractivity contribution in [1.29, 1.82) is 15.8 Å². The Labute approximate surface area is 108 Å². The van der Waals surface area contributed by atoms with Crippen molar-refractivity contribution in [3.63, 3.8) is 0 Å². The third kappa shape index (κ3) is 2.85. The number of nitrogens with zero attached hydrogens (tertiary/aromatic N) is 4. The van der Waals surface area contributed by atoms with Crippen molar-refractivity contribution in [1.82, 2.24) is 0 Å². The summed E-state index contributed by atoms with van der Waals surface area (Å²) in [4.78, 5) is 10.2. The SMILES string of the molecule is Cc1c(NC(C#N)=C(C#N)C#N)cccc1[N+](=O)[O-]. The normalized spacial score (nSPS) is 8.53. The lowest BCUT2D eigenvalue weighted by Gasteiger charge is -2.08. The number of hydrogen-bond acceptors (Lipinski definition) is 6. The monoisotopic (exact) mass is 253 g/mol. The number of anilines is 1. The van der Waals surface area contributed by atoms with Crippen molar-refractivity contribution in [3.05, 3.63) is 45.1 Å². The van der Waals surface area contributed by atoms with Crippen LogP contribution < -0.4 is 5.32 Å². The van der Waals surface area contributed by atoms with Crippen LogP contribution in [0, 0.1) is 51.0 Å². The van der Waals surface area contributed by atoms with E-state index in [9.17, 15) is 10.1 Å². The fourth-order valence-electron chi connectivity index (χ4n) is 1.37. The number of nitro benzene ring substituents is 1. The molecule has 0 fully saturated rings. The standard InChI is InChI=1S/C12H7N5O2/c1-8-10(3-2-4-12(8)17(18)19)16-11(7-15)9(5-13)6-14/h2-4,16H,1H3. The zero-order valence-corrected chi connectivity index (χ0v) is 9.84. The van der Waals surface area contributed by atoms with Crippen LogP contribution in [-0.2, 0) is 0 Å². The molecule has 92 valence electrons. The maximum atomic E-state index is 10.8. The molecule has 0 bridgehead atoms. The summed E-state index contributed by atoms with van der Waals surface area (Å²) in [5.74, 6) is 0. The van der Waals surface area contributed by atoms with Gasteiger partial charge in [0.05, 0.1) is 10.5 Å². The van der Waals surface area contributed by atoms with Crippen molar-refractivity contribution in [2.24, 2.45) is 0 Å². The molecule has 0 radical (unpaired) electrons. The van der Waals surface area contributed by atoms with E-state index in [0.29, 0.717) is 11.3 Å². The number of allylic oxidation sites excluding steroid dienone is 2. The molecule has 19 heavy (non-hydrogen) atoms. The smallest absolute Gasteiger partial charge is 0.274 e. The summed E-state index contributed by atoms with van der Waals surface area (Å²) in [6.45, 7) is 1.51. The molecule has 7 nitrogen and oxygen atoms in total. The molecule has 0 spiro atoms. The van der Waals surface area contributed by atoms with E-state index in [1.165, 1.54) is 25.1 Å². The number of nitrogens with one attached hydrogen (secondary N) is 1. The van der Waals surface area contributed by atoms with E-state index < -0.39 is 4.92 Å². The van der Waals surface area contributed by atoms with Gasteiger partial charge >= 0.3 is 0 Å². The quantitative estimate of drug-likeness (QED) is 0.499. The van der Waals surface area contributed by atoms with Gasteiger partial charge in [-0.1, -0.05) is 6.07 Å². The highest BCUT2D eigenvalue weighted by Gasteiger charge is 2.15. The molecule has 0 heterocycles. The Morgan fingerprint density at radius 3 is 2.37 bits per heavy atom. The highest BCUT2D eigenvalue weighted by molar-refractivity contribution is 5.65. The predicted molar refractivity (Wildman–Crippen MR) is 65.3 cm³/mol. The van der Waals surface area contributed by atoms with Crippen LogP contribution in [0.25, 0.3) is 0 Å². The third-order valence-electron chi connectivity index (χ3n) is 2.35. The lowest BCUT2D eigenvalue weighted by Crippen LogP contribution is -2.03. The maximum absolute atomic E-state index is 10.8. The van der Waals surface area contributed by atoms with Crippen LogP contribution in [0.3, 0.4) is 0 Å². The molecule has 1 aromatic rings. The second-order valence-corrected chi connectivity index (χ2v) is 3.42. The molecule has 0 saturated carbocycles. The molecule has 1 N–H and O–H groups in total. The topological polar surface area (TPSA) is 127 Å². The molecule has 0 aromatic heterocycles. The predicted octanol–water partition coefficient (Wildman–Crippen LogP) is 2.14. The summed E-state index contributed by atoms with van der Waals surface area (Å²) in [5, 5.41) is 39.6. The van der Waals surface area contributed by atoms with Gasteiger partial charge < -0.3 is 5.32 Å². The van der Waals surface area contributed by atoms with Crippen molar-refractivity contribution in [3.8, 4) is 18.2 Å². The van der Waals surface area contributed by atoms with E-state index in [4.69, 9.17) is 15.8 Å². The Balaban J connectivity index is 3.30. The molecular formula is C12H7N5O2. The van der Waals surface area contributed by atoms with Crippen LogP contribution in [0.1, 0.15) is 5.56 Å². The molecule has 0 saturated heterocycles. The fourth-order valence-corrected chi connectivity index (χ4v) is 1.37. The molecule has 0 aliphatic rings. The first-order valence-corrected chi connectivity index (χ1v) is 5.00. The van der Waals surface area contributed by atoms with Gasteiger partial charge in [-0.3, -0.25) is 10.1 Å². The van der Waals surface area contributed by atoms with Crippen molar-refractivity contribution in [2.75, 3.05) is 5.32 Å². The fraction of sp³-hybridized carbons (Fsp3) is 0.0833. The number of nitro groups is 1. The minimum Gasteiger partial charge on any atom is -0.345 e. The summed E-state index contributed by atoms with van der Waals surface area (Å²) >= 11 is 0. The minimum absolute atomic E-state index is 0.113. The number of benzene rings is 1. The van der Waals surface area contributed by atoms with Gasteiger partial charge in [-0.05, 0) is 13.0 Å². The molecule has 1 aromatic carbocycles. The van der Waals surface area contributed by atoms with Gasteiger partial charge in [0.2, 0.25) is 0 Å². The minimum atomic E-state index is -0.550. The van der Waals surface area contributed by atoms with Gasteiger partial charge in [-0.15, -0.1) is 0 Å². The summed E-state index contributed by atoms with van der Waals surface area (Å²) < 4.78 is 0. The van der Waals surface area contributed by atoms with Gasteiger partial charge in [0.15, 0.2) is 5.57 Å². The first kappa shape index (κ1) is 13.7. The van der Waals surface area contributed by atoms with Gasteiger partial charge in [0.1, 0.15) is 23.9 Å². The van der Waals surface area contributed by atoms with Gasteiger partial charge in [-0.2, -0.15) is 15.8 Å². The third-order valence-corrected chi connectivity index (χ3v) is 2.35. The maximum Gasteiger partial charge on any atom is 0.274 e. The van der Waals surface area contributed by atoms with Gasteiger partial charge in [0, 0.05) is 11.8 Å². The number of rotatable bonds is 3. The van der Waals surface area contributed by atoms with Crippen LogP contribution in [0.2, 0.25) is 0 Å². The van der Waals surface area contributed by atoms with Crippen LogP contribution in [0.4, 0.5) is 11.4 Å². The lowest BCUT2D eigenvalue weighted by molar-refractivity contribution is -0.385. The Morgan fingerprint density at radius 1 is 1.26 bits per heavy atom. The van der Waals surface area contributed by atoms with Crippen molar-refractivity contribution in [2.45, 2.75) is 6.92 Å². The molecule has 0 unspecified atom stereocenters. The summed E-state index contributed by atoms with van der Waals surface area (Å²) in [6.07, 6.45) is 0. The van der Waals surface area contributed by atoms with E-state index in [-0.39, 0.29) is 17.0 Å². The molecule has 0 aliphatic carbocycles. The van der Waals surface area contributed by atoms with Crippen LogP contribution >= 0.6 is 0 Å². The Bertz CT molecular complexity index is 670. The molecule has 0 aliphatic heterocycles. The van der Waals surface area contributed by atoms with E-state index >= 15 is 0 Å². The number of hydrogen-bond donors (Lipinski definition) is 1. The van der Waals surface area contributed by atoms with Crippen LogP contribution in [0.15, 0.2) is 29.5 Å². The van der Waals surface area contributed by atoms with Crippen molar-refractivity contribution < 1.29 is 4.92 Å². The number of nitriles is 3. The average Bonchev–Trinajstić information content (AvgIpc) is 2.40. The van der Waals surface area contributed by atoms with E-state index in [1.54, 1.807) is 18.2 Å². The van der Waals surface area contributed by atoms with Crippen LogP contribution in [0.5, 0.6) is 0 Å². The second kappa shape index (κ2) is 5.81. The molecule has 0 amide bonds. The molecule has 7 heteroatoms. The largest absolute Gasteiger partial charge is 0.345 e. The molecule has 0 atom stereocenters. The summed E-state index contributed by atoms with van der Waals surface area (Å²) in [5.41, 5.74) is -0.121. The average molecular weight is 253 g/mol. The van der Waals surface area contributed by atoms with Crippen LogP contribution in [-0.4, -0.2) is 4.92 Å². The van der Waals surface area contributed by atoms with E-state index in [2.05, 4.69) is 5.32 Å². The molecular weight excluding hydrogens is 246 g/mol. The second-order valence-electron chi connectivity index (χ2n) is 3.42. The molecule has 1 rings (SSSR count). The van der Waals surface area contributed by atoms with Gasteiger partial charge in [0.25, 0.3) is 5.69 Å². The Hall–Kier alpha value is -3.37. The Morgan fingerprint density at radius 2 is 1.89 bits per heavy atom. The summed E-state index contributed by atoms with van der Waals surface area (Å²) in [6, 6.07) is 9.13. The Kier molecular flexibility index (Phi) is 4.19. The highest BCUT2D eigenvalue weighted by Crippen LogP contribution is 2.26.